The van der Waals surface area contributed by atoms with E-state index < -0.39 is 0 Å². The number of amides is 1. The molecule has 0 aromatic carbocycles. The number of carbonyl (C=O) groups excluding carboxylic acids is 1. The number of hydrogen-bond donors (Lipinski definition) is 1. The van der Waals surface area contributed by atoms with E-state index in [2.05, 4.69) is 26.1 Å². The lowest BCUT2D eigenvalue weighted by Gasteiger charge is -2.28. The lowest BCUT2D eigenvalue weighted by Crippen LogP contribution is -2.45. The molecule has 1 saturated heterocycles. The van der Waals surface area contributed by atoms with Crippen LogP contribution in [-0.4, -0.2) is 36.0 Å². The van der Waals surface area contributed by atoms with E-state index in [1.807, 2.05) is 4.90 Å². The quantitative estimate of drug-likeness (QED) is 0.772. The summed E-state index contributed by atoms with van der Waals surface area (Å²) < 4.78 is 0. The normalized spacial score (nSPS) is 26.9. The first-order valence-corrected chi connectivity index (χ1v) is 6.55. The molecule has 1 aliphatic heterocycles. The average Bonchev–Trinajstić information content (AvgIpc) is 2.85. The molecule has 1 amide bonds. The second-order valence-electron chi connectivity index (χ2n) is 5.89. The van der Waals surface area contributed by atoms with E-state index in [-0.39, 0.29) is 0 Å². The topological polar surface area (TPSA) is 32.3 Å². The summed E-state index contributed by atoms with van der Waals surface area (Å²) in [5, 5.41) is 3.64. The minimum absolute atomic E-state index is 0.332. The molecule has 0 aromatic rings. The average molecular weight is 224 g/mol. The highest BCUT2D eigenvalue weighted by Crippen LogP contribution is 2.48. The van der Waals surface area contributed by atoms with Crippen molar-refractivity contribution in [2.45, 2.75) is 58.5 Å². The summed E-state index contributed by atoms with van der Waals surface area (Å²) in [6, 6.07) is 0.981. The van der Waals surface area contributed by atoms with Crippen LogP contribution in [0.25, 0.3) is 0 Å². The summed E-state index contributed by atoms with van der Waals surface area (Å²) in [4.78, 5) is 13.5. The van der Waals surface area contributed by atoms with Crippen LogP contribution in [0, 0.1) is 5.41 Å². The highest BCUT2D eigenvalue weighted by Gasteiger charge is 2.42. The molecular weight excluding hydrogens is 200 g/mol. The number of nitrogens with one attached hydrogen (secondary N) is 1. The largest absolute Gasteiger partial charge is 0.341 e. The van der Waals surface area contributed by atoms with Crippen molar-refractivity contribution in [3.63, 3.8) is 0 Å². The van der Waals surface area contributed by atoms with Crippen molar-refractivity contribution >= 4 is 5.91 Å². The number of rotatable bonds is 5. The van der Waals surface area contributed by atoms with Crippen molar-refractivity contribution < 1.29 is 4.79 Å². The van der Waals surface area contributed by atoms with Crippen molar-refractivity contribution in [1.29, 1.82) is 0 Å². The van der Waals surface area contributed by atoms with Crippen molar-refractivity contribution in [2.75, 3.05) is 13.1 Å². The molecule has 2 aliphatic rings. The predicted molar refractivity (Wildman–Crippen MR) is 65.2 cm³/mol. The van der Waals surface area contributed by atoms with E-state index in [0.717, 1.165) is 25.9 Å². The van der Waals surface area contributed by atoms with Gasteiger partial charge in [0.15, 0.2) is 0 Å². The van der Waals surface area contributed by atoms with Gasteiger partial charge in [0, 0.05) is 31.6 Å². The fourth-order valence-electron chi connectivity index (χ4n) is 2.54. The van der Waals surface area contributed by atoms with Crippen molar-refractivity contribution in [3.05, 3.63) is 0 Å². The molecule has 0 aromatic heterocycles. The van der Waals surface area contributed by atoms with Crippen LogP contribution in [0.15, 0.2) is 0 Å². The van der Waals surface area contributed by atoms with E-state index in [1.54, 1.807) is 0 Å². The molecule has 2 rings (SSSR count). The third kappa shape index (κ3) is 2.57. The number of hydrogen-bond acceptors (Lipinski definition) is 2. The van der Waals surface area contributed by atoms with Crippen LogP contribution in [0.5, 0.6) is 0 Å². The van der Waals surface area contributed by atoms with E-state index in [0.29, 0.717) is 23.4 Å². The molecule has 1 saturated carbocycles. The van der Waals surface area contributed by atoms with Crippen LogP contribution in [0.2, 0.25) is 0 Å². The van der Waals surface area contributed by atoms with Gasteiger partial charge in [0.1, 0.15) is 0 Å². The summed E-state index contributed by atoms with van der Waals surface area (Å²) >= 11 is 0. The fourth-order valence-corrected chi connectivity index (χ4v) is 2.54. The molecule has 2 fully saturated rings. The van der Waals surface area contributed by atoms with Gasteiger partial charge in [0.05, 0.1) is 0 Å². The Hall–Kier alpha value is -0.570. The molecule has 92 valence electrons. The van der Waals surface area contributed by atoms with E-state index in [1.165, 1.54) is 12.8 Å². The zero-order chi connectivity index (χ0) is 11.8. The van der Waals surface area contributed by atoms with E-state index in [4.69, 9.17) is 0 Å². The Morgan fingerprint density at radius 1 is 1.44 bits per heavy atom. The molecule has 3 heteroatoms. The predicted octanol–water partition coefficient (Wildman–Crippen LogP) is 1.78. The van der Waals surface area contributed by atoms with Crippen LogP contribution in [0.1, 0.15) is 46.5 Å². The summed E-state index contributed by atoms with van der Waals surface area (Å²) in [6.07, 6.45) is 4.48. The number of likely N-dealkylation sites (tertiary alicyclic amines) is 1. The Morgan fingerprint density at radius 3 is 2.62 bits per heavy atom. The maximum absolute atomic E-state index is 11.5. The molecule has 2 unspecified atom stereocenters. The fraction of sp³-hybridized carbons (Fsp3) is 0.923. The maximum atomic E-state index is 11.5. The summed E-state index contributed by atoms with van der Waals surface area (Å²) in [7, 11) is 0. The Balaban J connectivity index is 1.75. The molecule has 0 spiro atoms. The second kappa shape index (κ2) is 4.36. The second-order valence-corrected chi connectivity index (χ2v) is 5.89. The van der Waals surface area contributed by atoms with Crippen molar-refractivity contribution in [2.24, 2.45) is 5.41 Å². The molecular formula is C13H24N2O. The van der Waals surface area contributed by atoms with Gasteiger partial charge in [-0.2, -0.15) is 0 Å². The van der Waals surface area contributed by atoms with Crippen LogP contribution >= 0.6 is 0 Å². The van der Waals surface area contributed by atoms with Crippen molar-refractivity contribution in [3.8, 4) is 0 Å². The van der Waals surface area contributed by atoms with Gasteiger partial charge in [-0.1, -0.05) is 6.92 Å². The van der Waals surface area contributed by atoms with Crippen LogP contribution in [0.3, 0.4) is 0 Å². The Kier molecular flexibility index (Phi) is 3.24. The van der Waals surface area contributed by atoms with E-state index in [9.17, 15) is 4.79 Å². The summed E-state index contributed by atoms with van der Waals surface area (Å²) in [5.74, 6) is 0.332. The van der Waals surface area contributed by atoms with Gasteiger partial charge in [-0.3, -0.25) is 4.79 Å². The zero-order valence-electron chi connectivity index (χ0n) is 10.8. The molecule has 0 bridgehead atoms. The number of carbonyl (C=O) groups is 1. The van der Waals surface area contributed by atoms with Crippen LogP contribution < -0.4 is 5.32 Å². The third-order valence-electron chi connectivity index (χ3n) is 4.28. The SMILES string of the molecule is CC(CN1CCCC1=O)NC(C)C1(C)CC1. The zero-order valence-corrected chi connectivity index (χ0v) is 10.8. The van der Waals surface area contributed by atoms with Gasteiger partial charge in [0.2, 0.25) is 5.91 Å². The minimum atomic E-state index is 0.332. The third-order valence-corrected chi connectivity index (χ3v) is 4.28. The Bertz CT molecular complexity index is 273. The highest BCUT2D eigenvalue weighted by atomic mass is 16.2. The maximum Gasteiger partial charge on any atom is 0.222 e. The lowest BCUT2D eigenvalue weighted by atomic mass is 10.00. The summed E-state index contributed by atoms with van der Waals surface area (Å²) in [6.45, 7) is 8.64. The lowest BCUT2D eigenvalue weighted by molar-refractivity contribution is -0.128. The van der Waals surface area contributed by atoms with Gasteiger partial charge >= 0.3 is 0 Å². The Labute approximate surface area is 98.6 Å². The van der Waals surface area contributed by atoms with Gasteiger partial charge < -0.3 is 10.2 Å². The monoisotopic (exact) mass is 224 g/mol. The van der Waals surface area contributed by atoms with Crippen LogP contribution in [0.4, 0.5) is 0 Å². The highest BCUT2D eigenvalue weighted by molar-refractivity contribution is 5.78. The molecule has 3 nitrogen and oxygen atoms in total. The first-order chi connectivity index (χ1) is 7.51. The molecule has 2 atom stereocenters. The molecule has 1 heterocycles. The smallest absolute Gasteiger partial charge is 0.222 e. The first kappa shape index (κ1) is 11.9. The van der Waals surface area contributed by atoms with Crippen LogP contribution in [-0.2, 0) is 4.79 Å². The molecule has 1 aliphatic carbocycles. The van der Waals surface area contributed by atoms with Gasteiger partial charge in [0.25, 0.3) is 0 Å². The minimum Gasteiger partial charge on any atom is -0.341 e. The van der Waals surface area contributed by atoms with Gasteiger partial charge in [-0.25, -0.2) is 0 Å². The van der Waals surface area contributed by atoms with Crippen molar-refractivity contribution in [1.82, 2.24) is 10.2 Å². The first-order valence-electron chi connectivity index (χ1n) is 6.55. The van der Waals surface area contributed by atoms with Gasteiger partial charge in [-0.15, -0.1) is 0 Å². The van der Waals surface area contributed by atoms with Gasteiger partial charge in [-0.05, 0) is 38.5 Å². The standard InChI is InChI=1S/C13H24N2O/c1-10(9-15-8-4-5-12(15)16)14-11(2)13(3)6-7-13/h10-11,14H,4-9H2,1-3H3. The molecule has 1 N–H and O–H groups in total. The van der Waals surface area contributed by atoms with E-state index >= 15 is 0 Å². The Morgan fingerprint density at radius 2 is 2.12 bits per heavy atom. The molecule has 16 heavy (non-hydrogen) atoms. The summed E-state index contributed by atoms with van der Waals surface area (Å²) in [5.41, 5.74) is 0.517. The molecule has 0 radical (unpaired) electrons. The number of nitrogens with zero attached hydrogens (tertiary/aromatic N) is 1.